The van der Waals surface area contributed by atoms with Gasteiger partial charge in [0.1, 0.15) is 5.75 Å². The summed E-state index contributed by atoms with van der Waals surface area (Å²) in [5, 5.41) is 0.152. The summed E-state index contributed by atoms with van der Waals surface area (Å²) in [5.74, 6) is -0.700. The monoisotopic (exact) mass is 209 g/mol. The van der Waals surface area contributed by atoms with Crippen LogP contribution in [-0.4, -0.2) is 13.4 Å². The number of hydrogen-bond donors (Lipinski definition) is 0. The van der Waals surface area contributed by atoms with Crippen LogP contribution < -0.4 is 0 Å². The quantitative estimate of drug-likeness (QED) is 0.694. The van der Waals surface area contributed by atoms with Crippen LogP contribution in [-0.2, 0) is 16.0 Å². The van der Waals surface area contributed by atoms with Crippen molar-refractivity contribution in [2.75, 3.05) is 0 Å². The van der Waals surface area contributed by atoms with Gasteiger partial charge < -0.3 is 0 Å². The van der Waals surface area contributed by atoms with E-state index in [1.54, 1.807) is 0 Å². The topological polar surface area (TPSA) is 47.0 Å². The molecular weight excluding hydrogens is 205 g/mol. The number of hydrogen-bond acceptors (Lipinski definition) is 3. The third kappa shape index (κ3) is 2.75. The minimum absolute atomic E-state index is 0.152. The molecule has 0 unspecified atom stereocenters. The van der Waals surface area contributed by atoms with Crippen LogP contribution in [0.15, 0.2) is 18.5 Å². The number of nitrogens with zero attached hydrogens (tertiary/aromatic N) is 1. The lowest BCUT2D eigenvalue weighted by molar-refractivity contribution is 0.551. The Labute approximate surface area is 74.4 Å². The standard InChI is InChI=1S/C6H5ClFNO2S/c7-6-3-9-2-1-5(6)4-12(8,10)11/h1-3H,4H2. The SMILES string of the molecule is O=S(=O)(F)Cc1ccncc1Cl. The van der Waals surface area contributed by atoms with Crippen LogP contribution in [0.3, 0.4) is 0 Å². The van der Waals surface area contributed by atoms with Gasteiger partial charge in [0.15, 0.2) is 0 Å². The highest BCUT2D eigenvalue weighted by Crippen LogP contribution is 2.16. The van der Waals surface area contributed by atoms with Gasteiger partial charge in [-0.3, -0.25) is 4.98 Å². The Balaban J connectivity index is 2.98. The fourth-order valence-corrected chi connectivity index (χ4v) is 1.60. The molecule has 1 rings (SSSR count). The molecule has 0 saturated heterocycles. The Hall–Kier alpha value is -0.680. The molecule has 1 aromatic heterocycles. The van der Waals surface area contributed by atoms with Crippen LogP contribution in [0.1, 0.15) is 5.56 Å². The van der Waals surface area contributed by atoms with Crippen molar-refractivity contribution in [3.63, 3.8) is 0 Å². The molecule has 1 heterocycles. The molecule has 0 aliphatic carbocycles. The highest BCUT2D eigenvalue weighted by atomic mass is 35.5. The molecule has 0 aliphatic heterocycles. The molecule has 6 heteroatoms. The van der Waals surface area contributed by atoms with Crippen molar-refractivity contribution in [2.24, 2.45) is 0 Å². The van der Waals surface area contributed by atoms with Gasteiger partial charge in [-0.25, -0.2) is 0 Å². The van der Waals surface area contributed by atoms with Crippen LogP contribution in [0.2, 0.25) is 5.02 Å². The minimum atomic E-state index is -4.51. The Morgan fingerprint density at radius 1 is 1.58 bits per heavy atom. The van der Waals surface area contributed by atoms with E-state index >= 15 is 0 Å². The summed E-state index contributed by atoms with van der Waals surface area (Å²) in [6.07, 6.45) is 2.62. The first-order valence-corrected chi connectivity index (χ1v) is 4.93. The molecule has 0 spiro atoms. The summed E-state index contributed by atoms with van der Waals surface area (Å²) >= 11 is 5.54. The lowest BCUT2D eigenvalue weighted by atomic mass is 10.3. The molecule has 0 aromatic carbocycles. The van der Waals surface area contributed by atoms with Crippen molar-refractivity contribution in [3.05, 3.63) is 29.0 Å². The number of aromatic nitrogens is 1. The van der Waals surface area contributed by atoms with Crippen LogP contribution >= 0.6 is 11.6 Å². The molecule has 0 atom stereocenters. The Bertz CT molecular complexity index is 379. The first-order chi connectivity index (χ1) is 5.49. The van der Waals surface area contributed by atoms with Gasteiger partial charge in [-0.05, 0) is 11.6 Å². The van der Waals surface area contributed by atoms with Crippen molar-refractivity contribution in [2.45, 2.75) is 5.75 Å². The summed E-state index contributed by atoms with van der Waals surface area (Å²) in [4.78, 5) is 3.63. The van der Waals surface area contributed by atoms with E-state index in [1.165, 1.54) is 18.5 Å². The second-order valence-corrected chi connectivity index (χ2v) is 3.92. The molecule has 0 bridgehead atoms. The van der Waals surface area contributed by atoms with Gasteiger partial charge in [-0.15, -0.1) is 3.89 Å². The predicted octanol–water partition coefficient (Wildman–Crippen LogP) is 1.53. The average Bonchev–Trinajstić information content (AvgIpc) is 1.91. The molecule has 0 fully saturated rings. The molecule has 12 heavy (non-hydrogen) atoms. The van der Waals surface area contributed by atoms with E-state index in [-0.39, 0.29) is 10.6 Å². The van der Waals surface area contributed by atoms with Crippen molar-refractivity contribution >= 4 is 21.8 Å². The van der Waals surface area contributed by atoms with E-state index < -0.39 is 16.0 Å². The maximum absolute atomic E-state index is 12.1. The van der Waals surface area contributed by atoms with Crippen LogP contribution in [0.4, 0.5) is 3.89 Å². The Morgan fingerprint density at radius 3 is 2.75 bits per heavy atom. The smallest absolute Gasteiger partial charge is 0.263 e. The average molecular weight is 210 g/mol. The van der Waals surface area contributed by atoms with Crippen LogP contribution in [0.25, 0.3) is 0 Å². The summed E-state index contributed by atoms with van der Waals surface area (Å²) in [6, 6.07) is 1.36. The third-order valence-corrected chi connectivity index (χ3v) is 2.18. The van der Waals surface area contributed by atoms with Crippen molar-refractivity contribution in [1.29, 1.82) is 0 Å². The second-order valence-electron chi connectivity index (χ2n) is 2.15. The number of rotatable bonds is 2. The van der Waals surface area contributed by atoms with Gasteiger partial charge in [0.05, 0.1) is 5.02 Å². The molecular formula is C6H5ClFNO2S. The van der Waals surface area contributed by atoms with Gasteiger partial charge in [-0.2, -0.15) is 8.42 Å². The first-order valence-electron chi connectivity index (χ1n) is 3.00. The first kappa shape index (κ1) is 9.41. The molecule has 0 aliphatic rings. The maximum atomic E-state index is 12.1. The Morgan fingerprint density at radius 2 is 2.25 bits per heavy atom. The fourth-order valence-electron chi connectivity index (χ4n) is 0.707. The van der Waals surface area contributed by atoms with E-state index in [9.17, 15) is 12.3 Å². The van der Waals surface area contributed by atoms with E-state index in [2.05, 4.69) is 4.98 Å². The van der Waals surface area contributed by atoms with Gasteiger partial charge >= 0.3 is 10.2 Å². The number of pyridine rings is 1. The zero-order valence-electron chi connectivity index (χ0n) is 5.87. The third-order valence-electron chi connectivity index (χ3n) is 1.18. The van der Waals surface area contributed by atoms with Crippen molar-refractivity contribution < 1.29 is 12.3 Å². The highest BCUT2D eigenvalue weighted by molar-refractivity contribution is 7.85. The summed E-state index contributed by atoms with van der Waals surface area (Å²) in [7, 11) is -4.51. The lowest BCUT2D eigenvalue weighted by Crippen LogP contribution is -1.96. The largest absolute Gasteiger partial charge is 0.306 e. The van der Waals surface area contributed by atoms with E-state index in [0.29, 0.717) is 0 Å². The van der Waals surface area contributed by atoms with Crippen LogP contribution in [0.5, 0.6) is 0 Å². The molecule has 3 nitrogen and oxygen atoms in total. The fraction of sp³-hybridized carbons (Fsp3) is 0.167. The normalized spacial score (nSPS) is 11.5. The summed E-state index contributed by atoms with van der Waals surface area (Å²) in [5.41, 5.74) is 0.217. The second kappa shape index (κ2) is 3.37. The number of halogens is 2. The van der Waals surface area contributed by atoms with E-state index in [4.69, 9.17) is 11.6 Å². The zero-order chi connectivity index (χ0) is 9.19. The predicted molar refractivity (Wildman–Crippen MR) is 43.0 cm³/mol. The summed E-state index contributed by atoms with van der Waals surface area (Å²) < 4.78 is 32.6. The van der Waals surface area contributed by atoms with Gasteiger partial charge in [-0.1, -0.05) is 11.6 Å². The van der Waals surface area contributed by atoms with Gasteiger partial charge in [0.2, 0.25) is 0 Å². The molecule has 0 saturated carbocycles. The molecule has 66 valence electrons. The van der Waals surface area contributed by atoms with Crippen molar-refractivity contribution in [1.82, 2.24) is 4.98 Å². The van der Waals surface area contributed by atoms with Crippen molar-refractivity contribution in [3.8, 4) is 0 Å². The van der Waals surface area contributed by atoms with Crippen LogP contribution in [0, 0.1) is 0 Å². The minimum Gasteiger partial charge on any atom is -0.263 e. The van der Waals surface area contributed by atoms with Gasteiger partial charge in [0.25, 0.3) is 0 Å². The van der Waals surface area contributed by atoms with E-state index in [1.807, 2.05) is 0 Å². The highest BCUT2D eigenvalue weighted by Gasteiger charge is 2.11. The molecule has 1 aromatic rings. The zero-order valence-corrected chi connectivity index (χ0v) is 7.44. The lowest BCUT2D eigenvalue weighted by Gasteiger charge is -1.97. The summed E-state index contributed by atoms with van der Waals surface area (Å²) in [6.45, 7) is 0. The molecule has 0 amide bonds. The molecule has 0 N–H and O–H groups in total. The van der Waals surface area contributed by atoms with Gasteiger partial charge in [0, 0.05) is 12.4 Å². The van der Waals surface area contributed by atoms with E-state index in [0.717, 1.165) is 0 Å². The maximum Gasteiger partial charge on any atom is 0.306 e. The molecule has 0 radical (unpaired) electrons. The Kier molecular flexibility index (Phi) is 2.64.